The van der Waals surface area contributed by atoms with E-state index in [1.54, 1.807) is 0 Å². The lowest BCUT2D eigenvalue weighted by Gasteiger charge is -2.10. The van der Waals surface area contributed by atoms with Gasteiger partial charge in [-0.05, 0) is 71.6 Å². The Morgan fingerprint density at radius 2 is 0.933 bits per heavy atom. The van der Waals surface area contributed by atoms with Gasteiger partial charge in [-0.1, -0.05) is 96.7 Å². The van der Waals surface area contributed by atoms with Crippen LogP contribution in [-0.2, 0) is 0 Å². The van der Waals surface area contributed by atoms with Gasteiger partial charge in [0.2, 0.25) is 0 Å². The number of benzene rings is 7. The summed E-state index contributed by atoms with van der Waals surface area (Å²) in [6.07, 6.45) is 0. The van der Waals surface area contributed by atoms with Crippen LogP contribution in [0.25, 0.3) is 86.3 Å². The smallest absolute Gasteiger partial charge is 0.0645 e. The highest BCUT2D eigenvalue weighted by Crippen LogP contribution is 2.42. The minimum atomic E-state index is -0.981. The predicted molar refractivity (Wildman–Crippen MR) is 193 cm³/mol. The minimum absolute atomic E-state index is 0.102. The molecule has 0 bridgehead atoms. The van der Waals surface area contributed by atoms with Crippen molar-refractivity contribution in [3.8, 4) is 22.5 Å². The monoisotopic (exact) mass is 616 g/mol. The highest BCUT2D eigenvalue weighted by molar-refractivity contribution is 7.26. The number of aromatic nitrogens is 2. The second-order valence-corrected chi connectivity index (χ2v) is 10.8. The summed E-state index contributed by atoms with van der Waals surface area (Å²) in [5, 5.41) is -2.53. The van der Waals surface area contributed by atoms with Crippen LogP contribution in [0.15, 0.2) is 157 Å². The van der Waals surface area contributed by atoms with E-state index < -0.39 is 223 Å². The van der Waals surface area contributed by atoms with Crippen LogP contribution < -0.4 is 0 Å². The third-order valence-electron chi connectivity index (χ3n) is 7.42. The predicted octanol–water partition coefficient (Wildman–Crippen LogP) is 11.9. The molecule has 0 aliphatic heterocycles. The zero-order valence-corrected chi connectivity index (χ0v) is 23.1. The first-order valence-electron chi connectivity index (χ1n) is 26.2. The van der Waals surface area contributed by atoms with Crippen molar-refractivity contribution in [2.24, 2.45) is 0 Å². The molecule has 2 nitrogen and oxygen atoms in total. The quantitative estimate of drug-likeness (QED) is 0.187. The lowest BCUT2D eigenvalue weighted by atomic mass is 10.0. The zero-order chi connectivity index (χ0) is 52.1. The second kappa shape index (κ2) is 9.43. The van der Waals surface area contributed by atoms with Crippen LogP contribution in [0.4, 0.5) is 0 Å². The van der Waals surface area contributed by atoms with E-state index in [2.05, 4.69) is 0 Å². The Morgan fingerprint density at radius 3 is 1.64 bits per heavy atom. The summed E-state index contributed by atoms with van der Waals surface area (Å²) in [5.74, 6) is 0. The van der Waals surface area contributed by atoms with Gasteiger partial charge in [-0.15, -0.1) is 11.3 Å². The summed E-state index contributed by atoms with van der Waals surface area (Å²) < 4.78 is 234. The molecule has 0 radical (unpaired) electrons. The minimum Gasteiger partial charge on any atom is -0.309 e. The molecule has 0 saturated heterocycles. The van der Waals surface area contributed by atoms with Crippen molar-refractivity contribution < 1.29 is 35.6 Å². The van der Waals surface area contributed by atoms with E-state index in [1.165, 1.54) is 0 Å². The molecule has 3 aromatic heterocycles. The van der Waals surface area contributed by atoms with Crippen LogP contribution in [-0.4, -0.2) is 9.13 Å². The third kappa shape index (κ3) is 3.56. The van der Waals surface area contributed by atoms with Crippen molar-refractivity contribution in [1.29, 1.82) is 0 Å². The first kappa shape index (κ1) is 10.5. The number of fused-ring (bicyclic) bond motifs is 9. The van der Waals surface area contributed by atoms with Gasteiger partial charge in [0.15, 0.2) is 0 Å². The van der Waals surface area contributed by atoms with E-state index in [1.807, 2.05) is 0 Å². The molecule has 0 saturated carbocycles. The van der Waals surface area contributed by atoms with E-state index in [9.17, 15) is 12.3 Å². The molecule has 45 heavy (non-hydrogen) atoms. The molecular formula is C42H26N2S. The van der Waals surface area contributed by atoms with E-state index in [0.717, 1.165) is 9.13 Å². The summed E-state index contributed by atoms with van der Waals surface area (Å²) >= 11 is 0.670. The molecule has 0 N–H and O–H groups in total. The first-order chi connectivity index (χ1) is 33.2. The Kier molecular flexibility index (Phi) is 2.19. The summed E-state index contributed by atoms with van der Waals surface area (Å²) in [5.41, 5.74) is -4.88. The van der Waals surface area contributed by atoms with Gasteiger partial charge in [-0.25, -0.2) is 0 Å². The van der Waals surface area contributed by atoms with Gasteiger partial charge in [0, 0.05) is 42.7 Å². The molecule has 210 valence electrons. The second-order valence-electron chi connectivity index (χ2n) is 9.77. The molecule has 7 aromatic carbocycles. The molecular weight excluding hydrogens is 565 g/mol. The fourth-order valence-corrected chi connectivity index (χ4v) is 6.61. The van der Waals surface area contributed by atoms with Gasteiger partial charge < -0.3 is 9.13 Å². The van der Waals surface area contributed by atoms with Gasteiger partial charge in [-0.2, -0.15) is 0 Å². The van der Waals surface area contributed by atoms with Crippen LogP contribution in [0.5, 0.6) is 0 Å². The highest BCUT2D eigenvalue weighted by Gasteiger charge is 2.18. The summed E-state index contributed by atoms with van der Waals surface area (Å²) in [7, 11) is 0. The van der Waals surface area contributed by atoms with Gasteiger partial charge in [-0.3, -0.25) is 0 Å². The van der Waals surface area contributed by atoms with Crippen LogP contribution in [0.3, 0.4) is 0 Å². The van der Waals surface area contributed by atoms with Gasteiger partial charge in [0.25, 0.3) is 0 Å². The molecule has 0 atom stereocenters. The van der Waals surface area contributed by atoms with E-state index >= 15 is 0 Å². The first-order valence-corrected chi connectivity index (χ1v) is 14.1. The van der Waals surface area contributed by atoms with Crippen LogP contribution >= 0.6 is 11.3 Å². The Balaban J connectivity index is 1.44. The van der Waals surface area contributed by atoms with Crippen molar-refractivity contribution in [2.75, 3.05) is 0 Å². The molecule has 3 heteroatoms. The van der Waals surface area contributed by atoms with Crippen molar-refractivity contribution in [2.45, 2.75) is 0 Å². The Labute approximate surface area is 300 Å². The summed E-state index contributed by atoms with van der Waals surface area (Å²) in [4.78, 5) is 0. The molecule has 10 rings (SSSR count). The lowest BCUT2D eigenvalue weighted by Crippen LogP contribution is -1.94. The average molecular weight is 617 g/mol. The van der Waals surface area contributed by atoms with Crippen molar-refractivity contribution in [3.63, 3.8) is 0 Å². The van der Waals surface area contributed by atoms with Crippen molar-refractivity contribution in [1.82, 2.24) is 9.13 Å². The summed E-state index contributed by atoms with van der Waals surface area (Å²) in [6, 6.07) is -21.2. The lowest BCUT2D eigenvalue weighted by molar-refractivity contribution is 1.18. The number of hydrogen-bond donors (Lipinski definition) is 0. The van der Waals surface area contributed by atoms with Gasteiger partial charge >= 0.3 is 0 Å². The Hall–Kier alpha value is -5.64. The zero-order valence-electron chi connectivity index (χ0n) is 48.3. The maximum atomic E-state index is 9.85. The molecule has 3 heterocycles. The molecule has 0 aliphatic carbocycles. The van der Waals surface area contributed by atoms with Gasteiger partial charge in [0.05, 0.1) is 68.1 Å². The maximum Gasteiger partial charge on any atom is 0.0645 e. The molecule has 0 spiro atoms. The number of nitrogens with zero attached hydrogens (tertiary/aromatic N) is 2. The fourth-order valence-electron chi connectivity index (χ4n) is 5.55. The Morgan fingerprint density at radius 1 is 0.400 bits per heavy atom. The van der Waals surface area contributed by atoms with Crippen LogP contribution in [0.2, 0.25) is 0 Å². The normalized spacial score (nSPS) is 20.1. The number of para-hydroxylation sites is 3. The maximum absolute atomic E-state index is 9.85. The Bertz CT molecular complexity index is 4210. The molecule has 0 aliphatic rings. The standard InChI is InChI=1S/C42H26N2S/c1-2-11-29(12-3-1)43-36-17-7-4-13-30(36)34-25-27(21-23-38(34)43)28-22-24-39-35(26-28)31-14-5-8-18-37(31)44(39)40-19-10-16-33-32-15-6-9-20-41(32)45-42(33)40/h1-26H/i1D,2D,3D,4D,5D,6D,7D,8D,9D,10D,11D,12D,13D,14D,15D,16D,17D,18D,19D,20D,21D,22D,23D,24D,25D,26D. The van der Waals surface area contributed by atoms with Crippen LogP contribution in [0, 0.1) is 0 Å². The van der Waals surface area contributed by atoms with E-state index in [4.69, 9.17) is 23.3 Å². The topological polar surface area (TPSA) is 9.86 Å². The fraction of sp³-hybridized carbons (Fsp3) is 0. The van der Waals surface area contributed by atoms with E-state index in [-0.39, 0.29) is 20.2 Å². The molecule has 0 unspecified atom stereocenters. The summed E-state index contributed by atoms with van der Waals surface area (Å²) in [6.45, 7) is 0. The molecule has 0 fully saturated rings. The average Bonchev–Trinajstić information content (AvgIpc) is 4.03. The number of thiophene rings is 1. The SMILES string of the molecule is [2H]c1c([2H])c([2H])c(-n2c3c([2H])c([2H])c([2H])c([2H])c3c3c([2H])c(-c4c([2H])c([2H])c5c(c4[2H])c4c([2H])c([2H])c([2H])c([2H])c4n5-c4c([2H])c([2H])c([2H])c5c4sc4c([2H])c([2H])c([2H])c([2H])c45)c([2H])c([2H])c32)c([2H])c1[2H]. The number of rotatable bonds is 3. The van der Waals surface area contributed by atoms with E-state index in [0.29, 0.717) is 11.3 Å². The molecule has 10 aromatic rings. The third-order valence-corrected chi connectivity index (χ3v) is 8.53. The van der Waals surface area contributed by atoms with Crippen LogP contribution in [0.1, 0.15) is 35.6 Å². The molecule has 0 amide bonds. The highest BCUT2D eigenvalue weighted by atomic mass is 32.1. The van der Waals surface area contributed by atoms with Crippen molar-refractivity contribution in [3.05, 3.63) is 157 Å². The number of hydrogen-bond acceptors (Lipinski definition) is 1. The van der Waals surface area contributed by atoms with Crippen molar-refractivity contribution >= 4 is 75.1 Å². The largest absolute Gasteiger partial charge is 0.309 e. The van der Waals surface area contributed by atoms with Gasteiger partial charge in [0.1, 0.15) is 0 Å².